The van der Waals surface area contributed by atoms with Gasteiger partial charge >= 0.3 is 6.18 Å². The number of halogens is 3. The fourth-order valence-corrected chi connectivity index (χ4v) is 3.23. The van der Waals surface area contributed by atoms with Crippen molar-refractivity contribution >= 4 is 23.1 Å². The molecule has 1 aromatic carbocycles. The summed E-state index contributed by atoms with van der Waals surface area (Å²) in [5, 5.41) is 6.53. The minimum absolute atomic E-state index is 0.0868. The summed E-state index contributed by atoms with van der Waals surface area (Å²) in [6.45, 7) is 4.09. The van der Waals surface area contributed by atoms with E-state index in [4.69, 9.17) is 0 Å². The minimum atomic E-state index is -4.46. The Balaban J connectivity index is 1.69. The van der Waals surface area contributed by atoms with Crippen molar-refractivity contribution in [2.75, 3.05) is 38.5 Å². The third-order valence-corrected chi connectivity index (χ3v) is 4.95. The van der Waals surface area contributed by atoms with Crippen molar-refractivity contribution in [2.24, 2.45) is 0 Å². The number of aromatic nitrogens is 2. The van der Waals surface area contributed by atoms with Crippen LogP contribution in [0.25, 0.3) is 0 Å². The SMILES string of the molecule is CN1CCN(Cc2nnsc2C(=O)Nc2cccc(C(F)(F)F)c2)CC1. The Morgan fingerprint density at radius 3 is 2.69 bits per heavy atom. The van der Waals surface area contributed by atoms with Crippen LogP contribution in [0.5, 0.6) is 0 Å². The van der Waals surface area contributed by atoms with Crippen molar-refractivity contribution < 1.29 is 18.0 Å². The molecular formula is C16H18F3N5OS. The first-order chi connectivity index (χ1) is 12.3. The summed E-state index contributed by atoms with van der Waals surface area (Å²) >= 11 is 0.943. The maximum absolute atomic E-state index is 12.8. The number of carbonyl (C=O) groups excluding carboxylic acids is 1. The number of anilines is 1. The van der Waals surface area contributed by atoms with Gasteiger partial charge in [0.25, 0.3) is 5.91 Å². The number of benzene rings is 1. The number of rotatable bonds is 4. The van der Waals surface area contributed by atoms with Gasteiger partial charge in [0.2, 0.25) is 0 Å². The van der Waals surface area contributed by atoms with Crippen molar-refractivity contribution in [3.63, 3.8) is 0 Å². The molecule has 0 bridgehead atoms. The summed E-state index contributed by atoms with van der Waals surface area (Å²) in [7, 11) is 2.05. The molecule has 1 aliphatic heterocycles. The lowest BCUT2D eigenvalue weighted by Crippen LogP contribution is -2.44. The molecule has 1 fully saturated rings. The molecule has 0 radical (unpaired) electrons. The van der Waals surface area contributed by atoms with E-state index < -0.39 is 17.6 Å². The molecule has 3 rings (SSSR count). The Hall–Kier alpha value is -2.04. The van der Waals surface area contributed by atoms with Crippen molar-refractivity contribution in [1.82, 2.24) is 19.4 Å². The number of likely N-dealkylation sites (N-methyl/N-ethyl adjacent to an activating group) is 1. The van der Waals surface area contributed by atoms with Gasteiger partial charge in [-0.1, -0.05) is 10.6 Å². The molecule has 0 saturated carbocycles. The quantitative estimate of drug-likeness (QED) is 0.877. The normalized spacial score (nSPS) is 16.6. The molecule has 0 spiro atoms. The van der Waals surface area contributed by atoms with Crippen LogP contribution in [0.2, 0.25) is 0 Å². The molecule has 26 heavy (non-hydrogen) atoms. The second-order valence-electron chi connectivity index (χ2n) is 6.16. The molecule has 1 saturated heterocycles. The molecule has 1 aromatic heterocycles. The van der Waals surface area contributed by atoms with E-state index in [1.807, 2.05) is 0 Å². The molecule has 2 aromatic rings. The van der Waals surface area contributed by atoms with Crippen molar-refractivity contribution in [3.8, 4) is 0 Å². The average Bonchev–Trinajstić information content (AvgIpc) is 3.05. The van der Waals surface area contributed by atoms with Crippen molar-refractivity contribution in [1.29, 1.82) is 0 Å². The summed E-state index contributed by atoms with van der Waals surface area (Å²) in [5.41, 5.74) is -0.178. The van der Waals surface area contributed by atoms with Crippen LogP contribution in [0.3, 0.4) is 0 Å². The Kier molecular flexibility index (Phi) is 5.54. The number of nitrogens with zero attached hydrogens (tertiary/aromatic N) is 4. The van der Waals surface area contributed by atoms with Crippen LogP contribution in [-0.2, 0) is 12.7 Å². The topological polar surface area (TPSA) is 61.4 Å². The van der Waals surface area contributed by atoms with E-state index >= 15 is 0 Å². The minimum Gasteiger partial charge on any atom is -0.321 e. The molecule has 1 N–H and O–H groups in total. The second kappa shape index (κ2) is 7.68. The van der Waals surface area contributed by atoms with E-state index in [0.29, 0.717) is 17.1 Å². The van der Waals surface area contributed by atoms with E-state index in [9.17, 15) is 18.0 Å². The molecule has 1 amide bonds. The number of amides is 1. The van der Waals surface area contributed by atoms with Crippen LogP contribution in [0, 0.1) is 0 Å². The molecule has 0 unspecified atom stereocenters. The summed E-state index contributed by atoms with van der Waals surface area (Å²) in [6, 6.07) is 4.55. The molecule has 140 valence electrons. The van der Waals surface area contributed by atoms with Gasteiger partial charge in [-0.2, -0.15) is 13.2 Å². The summed E-state index contributed by atoms with van der Waals surface area (Å²) in [4.78, 5) is 17.2. The highest BCUT2D eigenvalue weighted by molar-refractivity contribution is 7.08. The van der Waals surface area contributed by atoms with Gasteiger partial charge in [0.05, 0.1) is 5.56 Å². The molecular weight excluding hydrogens is 367 g/mol. The summed E-state index contributed by atoms with van der Waals surface area (Å²) < 4.78 is 42.2. The number of hydrogen-bond acceptors (Lipinski definition) is 6. The van der Waals surface area contributed by atoms with Gasteiger partial charge in [0.1, 0.15) is 10.6 Å². The predicted molar refractivity (Wildman–Crippen MR) is 92.1 cm³/mol. The summed E-state index contributed by atoms with van der Waals surface area (Å²) in [6.07, 6.45) is -4.46. The first-order valence-electron chi connectivity index (χ1n) is 8.03. The number of nitrogens with one attached hydrogen (secondary N) is 1. The zero-order valence-electron chi connectivity index (χ0n) is 14.1. The Labute approximate surface area is 152 Å². The van der Waals surface area contributed by atoms with Crippen LogP contribution in [0.4, 0.5) is 18.9 Å². The van der Waals surface area contributed by atoms with Crippen molar-refractivity contribution in [2.45, 2.75) is 12.7 Å². The number of hydrogen-bond donors (Lipinski definition) is 1. The molecule has 2 heterocycles. The average molecular weight is 385 g/mol. The van der Waals surface area contributed by atoms with Gasteiger partial charge in [-0.05, 0) is 36.8 Å². The maximum Gasteiger partial charge on any atom is 0.416 e. The highest BCUT2D eigenvalue weighted by Gasteiger charge is 2.30. The second-order valence-corrected chi connectivity index (χ2v) is 6.91. The third-order valence-electron chi connectivity index (χ3n) is 4.18. The van der Waals surface area contributed by atoms with E-state index in [2.05, 4.69) is 31.8 Å². The smallest absolute Gasteiger partial charge is 0.321 e. The number of carbonyl (C=O) groups is 1. The molecule has 1 aliphatic rings. The highest BCUT2D eigenvalue weighted by atomic mass is 32.1. The lowest BCUT2D eigenvalue weighted by molar-refractivity contribution is -0.137. The fraction of sp³-hybridized carbons (Fsp3) is 0.438. The van der Waals surface area contributed by atoms with Gasteiger partial charge in [-0.3, -0.25) is 9.69 Å². The molecule has 0 aliphatic carbocycles. The lowest BCUT2D eigenvalue weighted by atomic mass is 10.2. The number of alkyl halides is 3. The zero-order chi connectivity index (χ0) is 18.7. The first kappa shape index (κ1) is 18.7. The van der Waals surface area contributed by atoms with Crippen LogP contribution in [0.1, 0.15) is 20.9 Å². The standard InChI is InChI=1S/C16H18F3N5OS/c1-23-5-7-24(8-6-23)10-13-14(26-22-21-13)15(25)20-12-4-2-3-11(9-12)16(17,18)19/h2-4,9H,5-8,10H2,1H3,(H,20,25). The maximum atomic E-state index is 12.8. The van der Waals surface area contributed by atoms with Gasteiger partial charge in [-0.15, -0.1) is 5.10 Å². The molecule has 6 nitrogen and oxygen atoms in total. The zero-order valence-corrected chi connectivity index (χ0v) is 14.9. The third kappa shape index (κ3) is 4.57. The number of piperazine rings is 1. The Bertz CT molecular complexity index is 771. The van der Waals surface area contributed by atoms with Crippen LogP contribution in [0.15, 0.2) is 24.3 Å². The van der Waals surface area contributed by atoms with E-state index in [1.54, 1.807) is 0 Å². The lowest BCUT2D eigenvalue weighted by Gasteiger charge is -2.31. The van der Waals surface area contributed by atoms with Gasteiger partial charge in [0.15, 0.2) is 0 Å². The summed E-state index contributed by atoms with van der Waals surface area (Å²) in [5.74, 6) is -0.497. The van der Waals surface area contributed by atoms with Crippen LogP contribution >= 0.6 is 11.5 Å². The van der Waals surface area contributed by atoms with Crippen LogP contribution in [-0.4, -0.2) is 58.5 Å². The Morgan fingerprint density at radius 1 is 1.27 bits per heavy atom. The van der Waals surface area contributed by atoms with E-state index in [0.717, 1.165) is 49.8 Å². The molecule has 10 heteroatoms. The monoisotopic (exact) mass is 385 g/mol. The predicted octanol–water partition coefficient (Wildman–Crippen LogP) is 2.56. The highest BCUT2D eigenvalue weighted by Crippen LogP contribution is 2.30. The van der Waals surface area contributed by atoms with Crippen molar-refractivity contribution in [3.05, 3.63) is 40.4 Å². The van der Waals surface area contributed by atoms with Gasteiger partial charge < -0.3 is 10.2 Å². The first-order valence-corrected chi connectivity index (χ1v) is 8.81. The van der Waals surface area contributed by atoms with E-state index in [-0.39, 0.29) is 5.69 Å². The molecule has 0 atom stereocenters. The largest absolute Gasteiger partial charge is 0.416 e. The van der Waals surface area contributed by atoms with Crippen LogP contribution < -0.4 is 5.32 Å². The van der Waals surface area contributed by atoms with Gasteiger partial charge in [-0.25, -0.2) is 0 Å². The fourth-order valence-electron chi connectivity index (χ4n) is 2.66. The van der Waals surface area contributed by atoms with E-state index in [1.165, 1.54) is 12.1 Å². The Morgan fingerprint density at radius 2 is 2.00 bits per heavy atom. The van der Waals surface area contributed by atoms with Gasteiger partial charge in [0, 0.05) is 38.4 Å².